The van der Waals surface area contributed by atoms with E-state index in [0.717, 1.165) is 11.3 Å². The number of nitrogens with zero attached hydrogens (tertiary/aromatic N) is 4. The van der Waals surface area contributed by atoms with E-state index in [1.54, 1.807) is 18.1 Å². The molecule has 0 unspecified atom stereocenters. The molecule has 2 amide bonds. The smallest absolute Gasteiger partial charge is 0.255 e. The van der Waals surface area contributed by atoms with Gasteiger partial charge in [0.2, 0.25) is 5.91 Å². The fourth-order valence-electron chi connectivity index (χ4n) is 3.80. The van der Waals surface area contributed by atoms with Gasteiger partial charge in [0, 0.05) is 32.1 Å². The van der Waals surface area contributed by atoms with Gasteiger partial charge >= 0.3 is 0 Å². The number of ether oxygens (including phenoxy) is 1. The summed E-state index contributed by atoms with van der Waals surface area (Å²) in [4.78, 5) is 29.0. The number of carbonyl (C=O) groups is 2. The summed E-state index contributed by atoms with van der Waals surface area (Å²) in [5, 5.41) is 7.45. The number of methoxy groups -OCH3 is 1. The van der Waals surface area contributed by atoms with E-state index >= 15 is 0 Å². The van der Waals surface area contributed by atoms with E-state index in [0.29, 0.717) is 31.7 Å². The van der Waals surface area contributed by atoms with Crippen LogP contribution in [-0.2, 0) is 11.3 Å². The fourth-order valence-corrected chi connectivity index (χ4v) is 3.80. The SMILES string of the molecule is COc1ccc(CN2C[C@@H]3CN(C(=O)c4ccnnc4)C[C@@H]3C2=O)cc1. The number of hydrogen-bond donors (Lipinski definition) is 0. The lowest BCUT2D eigenvalue weighted by atomic mass is 10.0. The first-order valence-electron chi connectivity index (χ1n) is 8.63. The second-order valence-corrected chi connectivity index (χ2v) is 6.77. The number of fused-ring (bicyclic) bond motifs is 1. The maximum Gasteiger partial charge on any atom is 0.255 e. The molecule has 0 aliphatic carbocycles. The van der Waals surface area contributed by atoms with E-state index in [1.165, 1.54) is 12.4 Å². The Hall–Kier alpha value is -2.96. The largest absolute Gasteiger partial charge is 0.497 e. The molecule has 1 aromatic carbocycles. The summed E-state index contributed by atoms with van der Waals surface area (Å²) in [6.07, 6.45) is 2.97. The molecule has 0 N–H and O–H groups in total. The van der Waals surface area contributed by atoms with Gasteiger partial charge < -0.3 is 14.5 Å². The molecular weight excluding hydrogens is 332 g/mol. The first kappa shape index (κ1) is 16.5. The summed E-state index contributed by atoms with van der Waals surface area (Å²) in [6.45, 7) is 2.37. The average molecular weight is 352 g/mol. The van der Waals surface area contributed by atoms with E-state index in [2.05, 4.69) is 10.2 Å². The number of hydrogen-bond acceptors (Lipinski definition) is 5. The number of likely N-dealkylation sites (tertiary alicyclic amines) is 2. The van der Waals surface area contributed by atoms with Gasteiger partial charge in [-0.15, -0.1) is 0 Å². The molecule has 3 heterocycles. The van der Waals surface area contributed by atoms with Crippen molar-refractivity contribution in [3.05, 3.63) is 53.9 Å². The van der Waals surface area contributed by atoms with Crippen LogP contribution in [0, 0.1) is 11.8 Å². The Morgan fingerprint density at radius 3 is 2.62 bits per heavy atom. The Morgan fingerprint density at radius 2 is 1.96 bits per heavy atom. The molecule has 0 bridgehead atoms. The van der Waals surface area contributed by atoms with Crippen molar-refractivity contribution in [1.82, 2.24) is 20.0 Å². The zero-order chi connectivity index (χ0) is 18.1. The van der Waals surface area contributed by atoms with Crippen LogP contribution in [0.3, 0.4) is 0 Å². The van der Waals surface area contributed by atoms with Gasteiger partial charge in [0.1, 0.15) is 5.75 Å². The van der Waals surface area contributed by atoms with E-state index in [4.69, 9.17) is 4.74 Å². The van der Waals surface area contributed by atoms with Crippen LogP contribution in [0.25, 0.3) is 0 Å². The normalized spacial score (nSPS) is 21.8. The standard InChI is InChI=1S/C19H20N4O3/c1-26-16-4-2-13(3-5-16)9-22-10-15-11-23(12-17(15)19(22)25)18(24)14-6-7-20-21-8-14/h2-8,15,17H,9-12H2,1H3/t15-,17+/m1/s1. The van der Waals surface area contributed by atoms with Crippen LogP contribution in [0.2, 0.25) is 0 Å². The molecular formula is C19H20N4O3. The second-order valence-electron chi connectivity index (χ2n) is 6.77. The predicted molar refractivity (Wildman–Crippen MR) is 93.3 cm³/mol. The molecule has 4 rings (SSSR count). The molecule has 1 aromatic heterocycles. The molecule has 0 spiro atoms. The van der Waals surface area contributed by atoms with Crippen molar-refractivity contribution in [2.75, 3.05) is 26.7 Å². The molecule has 7 heteroatoms. The number of rotatable bonds is 4. The molecule has 2 atom stereocenters. The lowest BCUT2D eigenvalue weighted by molar-refractivity contribution is -0.131. The average Bonchev–Trinajstić information content (AvgIpc) is 3.22. The minimum absolute atomic E-state index is 0.0798. The van der Waals surface area contributed by atoms with Crippen LogP contribution in [0.5, 0.6) is 5.75 Å². The predicted octanol–water partition coefficient (Wildman–Crippen LogP) is 1.22. The van der Waals surface area contributed by atoms with Crippen molar-refractivity contribution in [3.8, 4) is 5.75 Å². The zero-order valence-corrected chi connectivity index (χ0v) is 14.5. The van der Waals surface area contributed by atoms with Crippen LogP contribution >= 0.6 is 0 Å². The summed E-state index contributed by atoms with van der Waals surface area (Å²) in [5.74, 6) is 0.947. The molecule has 2 aromatic rings. The van der Waals surface area contributed by atoms with E-state index in [9.17, 15) is 9.59 Å². The molecule has 2 aliphatic rings. The van der Waals surface area contributed by atoms with Crippen LogP contribution in [-0.4, -0.2) is 58.6 Å². The first-order chi connectivity index (χ1) is 12.7. The van der Waals surface area contributed by atoms with Crippen molar-refractivity contribution in [3.63, 3.8) is 0 Å². The van der Waals surface area contributed by atoms with Crippen molar-refractivity contribution in [2.24, 2.45) is 11.8 Å². The Balaban J connectivity index is 1.39. The molecule has 7 nitrogen and oxygen atoms in total. The van der Waals surface area contributed by atoms with Gasteiger partial charge in [0.05, 0.1) is 31.0 Å². The van der Waals surface area contributed by atoms with Crippen LogP contribution < -0.4 is 4.74 Å². The van der Waals surface area contributed by atoms with Gasteiger partial charge in [-0.3, -0.25) is 9.59 Å². The van der Waals surface area contributed by atoms with Gasteiger partial charge in [-0.25, -0.2) is 0 Å². The van der Waals surface area contributed by atoms with Crippen LogP contribution in [0.1, 0.15) is 15.9 Å². The van der Waals surface area contributed by atoms with Gasteiger partial charge in [-0.1, -0.05) is 12.1 Å². The van der Waals surface area contributed by atoms with Crippen molar-refractivity contribution in [1.29, 1.82) is 0 Å². The Kier molecular flexibility index (Phi) is 4.28. The summed E-state index contributed by atoms with van der Waals surface area (Å²) in [5.41, 5.74) is 1.59. The Bertz CT molecular complexity index is 809. The summed E-state index contributed by atoms with van der Waals surface area (Å²) < 4.78 is 5.17. The monoisotopic (exact) mass is 352 g/mol. The number of amides is 2. The summed E-state index contributed by atoms with van der Waals surface area (Å²) >= 11 is 0. The second kappa shape index (κ2) is 6.74. The molecule has 0 radical (unpaired) electrons. The quantitative estimate of drug-likeness (QED) is 0.827. The fraction of sp³-hybridized carbons (Fsp3) is 0.368. The molecule has 134 valence electrons. The minimum atomic E-state index is -0.105. The van der Waals surface area contributed by atoms with Crippen molar-refractivity contribution < 1.29 is 14.3 Å². The molecule has 2 saturated heterocycles. The number of benzene rings is 1. The zero-order valence-electron chi connectivity index (χ0n) is 14.5. The number of aromatic nitrogens is 2. The van der Waals surface area contributed by atoms with Crippen LogP contribution in [0.4, 0.5) is 0 Å². The number of carbonyl (C=O) groups excluding carboxylic acids is 2. The Morgan fingerprint density at radius 1 is 1.15 bits per heavy atom. The minimum Gasteiger partial charge on any atom is -0.497 e. The maximum atomic E-state index is 12.8. The van der Waals surface area contributed by atoms with Gasteiger partial charge in [0.25, 0.3) is 5.91 Å². The molecule has 2 fully saturated rings. The van der Waals surface area contributed by atoms with Crippen molar-refractivity contribution in [2.45, 2.75) is 6.54 Å². The van der Waals surface area contributed by atoms with Crippen molar-refractivity contribution >= 4 is 11.8 Å². The van der Waals surface area contributed by atoms with Gasteiger partial charge in [-0.05, 0) is 23.8 Å². The van der Waals surface area contributed by atoms with E-state index in [1.807, 2.05) is 29.2 Å². The highest BCUT2D eigenvalue weighted by Gasteiger charge is 2.47. The molecule has 0 saturated carbocycles. The van der Waals surface area contributed by atoms with Gasteiger partial charge in [-0.2, -0.15) is 10.2 Å². The molecule has 2 aliphatic heterocycles. The van der Waals surface area contributed by atoms with E-state index < -0.39 is 0 Å². The third-order valence-electron chi connectivity index (χ3n) is 5.18. The third-order valence-corrected chi connectivity index (χ3v) is 5.18. The van der Waals surface area contributed by atoms with Gasteiger partial charge in [0.15, 0.2) is 0 Å². The molecule has 26 heavy (non-hydrogen) atoms. The first-order valence-corrected chi connectivity index (χ1v) is 8.63. The highest BCUT2D eigenvalue weighted by atomic mass is 16.5. The maximum absolute atomic E-state index is 12.8. The topological polar surface area (TPSA) is 75.6 Å². The Labute approximate surface area is 151 Å². The lowest BCUT2D eigenvalue weighted by Crippen LogP contribution is -2.35. The van der Waals surface area contributed by atoms with Crippen LogP contribution in [0.15, 0.2) is 42.7 Å². The van der Waals surface area contributed by atoms with E-state index in [-0.39, 0.29) is 23.7 Å². The highest BCUT2D eigenvalue weighted by Crippen LogP contribution is 2.33. The summed E-state index contributed by atoms with van der Waals surface area (Å²) in [7, 11) is 1.63. The summed E-state index contributed by atoms with van der Waals surface area (Å²) in [6, 6.07) is 9.42. The lowest BCUT2D eigenvalue weighted by Gasteiger charge is -2.22. The highest BCUT2D eigenvalue weighted by molar-refractivity contribution is 5.95. The third kappa shape index (κ3) is 3.00.